The van der Waals surface area contributed by atoms with Crippen molar-refractivity contribution in [1.82, 2.24) is 5.32 Å². The van der Waals surface area contributed by atoms with Crippen molar-refractivity contribution < 1.29 is 4.79 Å². The smallest absolute Gasteiger partial charge is 0.246 e. The van der Waals surface area contributed by atoms with Crippen molar-refractivity contribution in [3.05, 3.63) is 22.2 Å². The van der Waals surface area contributed by atoms with E-state index in [1.807, 2.05) is 6.92 Å². The number of likely N-dealkylation sites (N-methyl/N-ethyl adjacent to an activating group) is 1. The van der Waals surface area contributed by atoms with Crippen LogP contribution >= 0.6 is 15.9 Å². The highest BCUT2D eigenvalue weighted by molar-refractivity contribution is 9.10. The molecule has 0 aliphatic carbocycles. The normalized spacial score (nSPS) is 17.0. The summed E-state index contributed by atoms with van der Waals surface area (Å²) in [6.45, 7) is 10.3. The van der Waals surface area contributed by atoms with Gasteiger partial charge in [-0.05, 0) is 54.9 Å². The molecule has 2 N–H and O–H groups in total. The minimum Gasteiger partial charge on any atom is -0.368 e. The highest BCUT2D eigenvalue weighted by atomic mass is 79.9. The van der Waals surface area contributed by atoms with Gasteiger partial charge >= 0.3 is 0 Å². The molecule has 1 amide bonds. The van der Waals surface area contributed by atoms with Crippen molar-refractivity contribution in [3.63, 3.8) is 0 Å². The van der Waals surface area contributed by atoms with Gasteiger partial charge in [-0.2, -0.15) is 0 Å². The number of rotatable bonds is 6. The first-order chi connectivity index (χ1) is 9.99. The molecule has 0 saturated carbocycles. The van der Waals surface area contributed by atoms with E-state index >= 15 is 0 Å². The highest BCUT2D eigenvalue weighted by Crippen LogP contribution is 2.39. The molecular formula is C16H24BrN3O. The SMILES string of the molecule is CCCN(c1cc2c(cc1Br)C(NCC)C(=O)N2)C(C)C. The zero-order valence-corrected chi connectivity index (χ0v) is 14.8. The molecule has 0 bridgehead atoms. The van der Waals surface area contributed by atoms with Gasteiger partial charge in [0.1, 0.15) is 6.04 Å². The summed E-state index contributed by atoms with van der Waals surface area (Å²) >= 11 is 3.68. The Balaban J connectivity index is 2.40. The van der Waals surface area contributed by atoms with Crippen molar-refractivity contribution in [1.29, 1.82) is 0 Å². The average molecular weight is 354 g/mol. The Hall–Kier alpha value is -1.07. The number of fused-ring (bicyclic) bond motifs is 1. The fraction of sp³-hybridized carbons (Fsp3) is 0.562. The molecular weight excluding hydrogens is 330 g/mol. The summed E-state index contributed by atoms with van der Waals surface area (Å²) in [6, 6.07) is 4.33. The van der Waals surface area contributed by atoms with Crippen LogP contribution in [-0.2, 0) is 4.79 Å². The number of anilines is 2. The van der Waals surface area contributed by atoms with E-state index in [1.54, 1.807) is 0 Å². The molecule has 0 aromatic heterocycles. The molecule has 1 aromatic rings. The van der Waals surface area contributed by atoms with Gasteiger partial charge in [0, 0.05) is 28.3 Å². The van der Waals surface area contributed by atoms with Crippen molar-refractivity contribution in [2.45, 2.75) is 46.2 Å². The molecule has 1 unspecified atom stereocenters. The number of nitrogens with one attached hydrogen (secondary N) is 2. The van der Waals surface area contributed by atoms with Crippen molar-refractivity contribution in [2.24, 2.45) is 0 Å². The maximum Gasteiger partial charge on any atom is 0.246 e. The maximum absolute atomic E-state index is 12.1. The quantitative estimate of drug-likeness (QED) is 0.819. The molecule has 1 atom stereocenters. The van der Waals surface area contributed by atoms with E-state index in [9.17, 15) is 4.79 Å². The van der Waals surface area contributed by atoms with Gasteiger partial charge in [-0.15, -0.1) is 0 Å². The number of carbonyl (C=O) groups is 1. The number of hydrogen-bond acceptors (Lipinski definition) is 3. The summed E-state index contributed by atoms with van der Waals surface area (Å²) in [5, 5.41) is 6.21. The van der Waals surface area contributed by atoms with Crippen molar-refractivity contribution in [2.75, 3.05) is 23.3 Å². The third-order valence-electron chi connectivity index (χ3n) is 3.76. The molecule has 116 valence electrons. The zero-order valence-electron chi connectivity index (χ0n) is 13.2. The van der Waals surface area contributed by atoms with Crippen LogP contribution in [0.5, 0.6) is 0 Å². The summed E-state index contributed by atoms with van der Waals surface area (Å²) in [6.07, 6.45) is 1.09. The first-order valence-corrected chi connectivity index (χ1v) is 8.43. The lowest BCUT2D eigenvalue weighted by atomic mass is 10.1. The molecule has 0 fully saturated rings. The molecule has 1 aliphatic heterocycles. The second-order valence-corrected chi connectivity index (χ2v) is 6.51. The Morgan fingerprint density at radius 3 is 2.67 bits per heavy atom. The lowest BCUT2D eigenvalue weighted by Crippen LogP contribution is -2.31. The monoisotopic (exact) mass is 353 g/mol. The summed E-state index contributed by atoms with van der Waals surface area (Å²) in [7, 11) is 0. The van der Waals surface area contributed by atoms with Crippen LogP contribution < -0.4 is 15.5 Å². The van der Waals surface area contributed by atoms with Gasteiger partial charge in [0.15, 0.2) is 0 Å². The fourth-order valence-electron chi connectivity index (χ4n) is 2.80. The maximum atomic E-state index is 12.1. The molecule has 1 aromatic carbocycles. The predicted octanol–water partition coefficient (Wildman–Crippen LogP) is 3.68. The van der Waals surface area contributed by atoms with Crippen LogP contribution in [0.2, 0.25) is 0 Å². The number of benzene rings is 1. The Bertz CT molecular complexity index is 530. The minimum absolute atomic E-state index is 0.0301. The Morgan fingerprint density at radius 2 is 2.10 bits per heavy atom. The van der Waals surface area contributed by atoms with E-state index in [0.717, 1.165) is 40.9 Å². The number of hydrogen-bond donors (Lipinski definition) is 2. The molecule has 0 saturated heterocycles. The topological polar surface area (TPSA) is 44.4 Å². The third kappa shape index (κ3) is 3.24. The second-order valence-electron chi connectivity index (χ2n) is 5.66. The van der Waals surface area contributed by atoms with Crippen LogP contribution in [0, 0.1) is 0 Å². The van der Waals surface area contributed by atoms with Gasteiger partial charge in [-0.1, -0.05) is 13.8 Å². The molecule has 1 heterocycles. The summed E-state index contributed by atoms with van der Waals surface area (Å²) in [5.41, 5.74) is 3.09. The molecule has 4 nitrogen and oxygen atoms in total. The van der Waals surface area contributed by atoms with Gasteiger partial charge in [0.25, 0.3) is 0 Å². The molecule has 1 aliphatic rings. The molecule has 0 spiro atoms. The number of halogens is 1. The first kappa shape index (κ1) is 16.3. The lowest BCUT2D eigenvalue weighted by molar-refractivity contribution is -0.117. The fourth-order valence-corrected chi connectivity index (χ4v) is 3.38. The lowest BCUT2D eigenvalue weighted by Gasteiger charge is -2.30. The summed E-state index contributed by atoms with van der Waals surface area (Å²) < 4.78 is 1.04. The third-order valence-corrected chi connectivity index (χ3v) is 4.39. The van der Waals surface area contributed by atoms with Crippen molar-refractivity contribution in [3.8, 4) is 0 Å². The van der Waals surface area contributed by atoms with E-state index in [4.69, 9.17) is 0 Å². The highest BCUT2D eigenvalue weighted by Gasteiger charge is 2.31. The van der Waals surface area contributed by atoms with Gasteiger partial charge in [-0.3, -0.25) is 4.79 Å². The van der Waals surface area contributed by atoms with Gasteiger partial charge in [0.2, 0.25) is 5.91 Å². The molecule has 0 radical (unpaired) electrons. The summed E-state index contributed by atoms with van der Waals surface area (Å²) in [5.74, 6) is 0.0301. The van der Waals surface area contributed by atoms with E-state index in [-0.39, 0.29) is 11.9 Å². The Labute approximate surface area is 135 Å². The van der Waals surface area contributed by atoms with Crippen LogP contribution in [0.3, 0.4) is 0 Å². The van der Waals surface area contributed by atoms with Crippen LogP contribution in [0.4, 0.5) is 11.4 Å². The van der Waals surface area contributed by atoms with Crippen LogP contribution in [0.15, 0.2) is 16.6 Å². The van der Waals surface area contributed by atoms with Gasteiger partial charge in [0.05, 0.1) is 5.69 Å². The number of amides is 1. The minimum atomic E-state index is -0.242. The van der Waals surface area contributed by atoms with Crippen LogP contribution in [0.25, 0.3) is 0 Å². The number of nitrogens with zero attached hydrogens (tertiary/aromatic N) is 1. The Kier molecular flexibility index (Phi) is 5.27. The van der Waals surface area contributed by atoms with Gasteiger partial charge < -0.3 is 15.5 Å². The molecule has 2 rings (SSSR count). The number of carbonyl (C=O) groups excluding carboxylic acids is 1. The van der Waals surface area contributed by atoms with Crippen LogP contribution in [0.1, 0.15) is 45.7 Å². The average Bonchev–Trinajstić information content (AvgIpc) is 2.72. The second kappa shape index (κ2) is 6.79. The van der Waals surface area contributed by atoms with Gasteiger partial charge in [-0.25, -0.2) is 0 Å². The van der Waals surface area contributed by atoms with E-state index in [0.29, 0.717) is 6.04 Å². The van der Waals surface area contributed by atoms with Crippen molar-refractivity contribution >= 4 is 33.2 Å². The first-order valence-electron chi connectivity index (χ1n) is 7.63. The van der Waals surface area contributed by atoms with E-state index in [2.05, 4.69) is 64.4 Å². The van der Waals surface area contributed by atoms with E-state index < -0.39 is 0 Å². The molecule has 5 heteroatoms. The zero-order chi connectivity index (χ0) is 15.6. The van der Waals surface area contributed by atoms with E-state index in [1.165, 1.54) is 0 Å². The molecule has 21 heavy (non-hydrogen) atoms. The summed E-state index contributed by atoms with van der Waals surface area (Å²) in [4.78, 5) is 14.4. The predicted molar refractivity (Wildman–Crippen MR) is 92.0 cm³/mol. The Morgan fingerprint density at radius 1 is 1.38 bits per heavy atom. The van der Waals surface area contributed by atoms with Crippen LogP contribution in [-0.4, -0.2) is 25.0 Å². The standard InChI is InChI=1S/C16H24BrN3O/c1-5-7-20(10(3)4)14-9-13-11(8-12(14)17)15(18-6-2)16(21)19-13/h8-10,15,18H,5-7H2,1-4H3,(H,19,21). The largest absolute Gasteiger partial charge is 0.368 e.